The van der Waals surface area contributed by atoms with E-state index in [1.807, 2.05) is 0 Å². The highest BCUT2D eigenvalue weighted by atomic mass is 16.5. The average molecular weight is 367 g/mol. The molecule has 1 saturated heterocycles. The molecule has 2 fully saturated rings. The van der Waals surface area contributed by atoms with Gasteiger partial charge in [0, 0.05) is 32.0 Å². The van der Waals surface area contributed by atoms with Crippen LogP contribution in [0.5, 0.6) is 0 Å². The van der Waals surface area contributed by atoms with Gasteiger partial charge in [0.2, 0.25) is 11.8 Å². The molecule has 1 atom stereocenters. The Hall–Kier alpha value is -1.10. The molecular weight excluding hydrogens is 328 g/mol. The molecule has 26 heavy (non-hydrogen) atoms. The summed E-state index contributed by atoms with van der Waals surface area (Å²) < 4.78 is 5.49. The molecule has 0 spiro atoms. The van der Waals surface area contributed by atoms with Crippen LogP contribution in [-0.2, 0) is 14.3 Å². The van der Waals surface area contributed by atoms with Gasteiger partial charge in [-0.15, -0.1) is 0 Å². The van der Waals surface area contributed by atoms with Gasteiger partial charge in [0.25, 0.3) is 0 Å². The first-order valence-electron chi connectivity index (χ1n) is 10.9. The zero-order valence-electron chi connectivity index (χ0n) is 16.4. The van der Waals surface area contributed by atoms with Crippen molar-refractivity contribution in [2.45, 2.75) is 108 Å². The second kappa shape index (κ2) is 13.1. The van der Waals surface area contributed by atoms with Crippen LogP contribution in [0.1, 0.15) is 96.3 Å². The van der Waals surface area contributed by atoms with E-state index in [2.05, 4.69) is 10.6 Å². The number of carbonyl (C=O) groups excluding carboxylic acids is 2. The highest BCUT2D eigenvalue weighted by molar-refractivity contribution is 5.83. The fraction of sp³-hybridized carbons (Fsp3) is 0.905. The van der Waals surface area contributed by atoms with E-state index in [1.54, 1.807) is 0 Å². The normalized spacial score (nSPS) is 23.6. The molecule has 1 saturated carbocycles. The quantitative estimate of drug-likeness (QED) is 0.750. The van der Waals surface area contributed by atoms with Gasteiger partial charge < -0.3 is 15.4 Å². The predicted octanol–water partition coefficient (Wildman–Crippen LogP) is 3.85. The zero-order valence-corrected chi connectivity index (χ0v) is 16.4. The van der Waals surface area contributed by atoms with Gasteiger partial charge >= 0.3 is 0 Å². The lowest BCUT2D eigenvalue weighted by Crippen LogP contribution is -2.36. The Morgan fingerprint density at radius 2 is 1.31 bits per heavy atom. The second-order valence-corrected chi connectivity index (χ2v) is 7.96. The van der Waals surface area contributed by atoms with Crippen LogP contribution in [0.2, 0.25) is 0 Å². The number of carbonyl (C=O) groups is 2. The Labute approximate surface area is 159 Å². The SMILES string of the molecule is O=C(CCC(=O)NC1CCCCCCCCCCC1)NC[C@H]1CCCO1. The van der Waals surface area contributed by atoms with E-state index >= 15 is 0 Å². The summed E-state index contributed by atoms with van der Waals surface area (Å²) >= 11 is 0. The number of rotatable bonds is 6. The fourth-order valence-corrected chi connectivity index (χ4v) is 3.96. The minimum Gasteiger partial charge on any atom is -0.376 e. The van der Waals surface area contributed by atoms with Crippen LogP contribution >= 0.6 is 0 Å². The van der Waals surface area contributed by atoms with Crippen LogP contribution < -0.4 is 10.6 Å². The summed E-state index contributed by atoms with van der Waals surface area (Å²) in [7, 11) is 0. The van der Waals surface area contributed by atoms with Crippen molar-refractivity contribution in [2.24, 2.45) is 0 Å². The van der Waals surface area contributed by atoms with Gasteiger partial charge in [-0.2, -0.15) is 0 Å². The van der Waals surface area contributed by atoms with Gasteiger partial charge in [0.15, 0.2) is 0 Å². The molecule has 2 rings (SSSR count). The molecule has 0 aromatic carbocycles. The molecule has 0 aromatic heterocycles. The molecule has 5 nitrogen and oxygen atoms in total. The van der Waals surface area contributed by atoms with E-state index in [9.17, 15) is 9.59 Å². The molecule has 0 bridgehead atoms. The molecule has 0 aromatic rings. The Morgan fingerprint density at radius 1 is 0.731 bits per heavy atom. The van der Waals surface area contributed by atoms with Crippen LogP contribution in [0.15, 0.2) is 0 Å². The Bertz CT molecular complexity index is 396. The highest BCUT2D eigenvalue weighted by Crippen LogP contribution is 2.17. The van der Waals surface area contributed by atoms with E-state index in [0.717, 1.165) is 32.3 Å². The predicted molar refractivity (Wildman–Crippen MR) is 104 cm³/mol. The van der Waals surface area contributed by atoms with Gasteiger partial charge in [-0.3, -0.25) is 9.59 Å². The molecular formula is C21H38N2O3. The summed E-state index contributed by atoms with van der Waals surface area (Å²) in [4.78, 5) is 24.1. The third kappa shape index (κ3) is 9.56. The molecule has 0 radical (unpaired) electrons. The molecule has 1 aliphatic heterocycles. The van der Waals surface area contributed by atoms with Crippen LogP contribution in [0.4, 0.5) is 0 Å². The van der Waals surface area contributed by atoms with Gasteiger partial charge in [0.1, 0.15) is 0 Å². The van der Waals surface area contributed by atoms with Crippen molar-refractivity contribution in [2.75, 3.05) is 13.2 Å². The van der Waals surface area contributed by atoms with Crippen LogP contribution in [0.25, 0.3) is 0 Å². The summed E-state index contributed by atoms with van der Waals surface area (Å²) in [6, 6.07) is 0.289. The monoisotopic (exact) mass is 366 g/mol. The van der Waals surface area contributed by atoms with E-state index < -0.39 is 0 Å². The van der Waals surface area contributed by atoms with Crippen molar-refractivity contribution in [1.82, 2.24) is 10.6 Å². The largest absolute Gasteiger partial charge is 0.376 e. The number of ether oxygens (including phenoxy) is 1. The van der Waals surface area contributed by atoms with E-state index in [1.165, 1.54) is 57.8 Å². The Kier molecular flexibility index (Phi) is 10.7. The van der Waals surface area contributed by atoms with Crippen molar-refractivity contribution < 1.29 is 14.3 Å². The summed E-state index contributed by atoms with van der Waals surface area (Å²) in [5.74, 6) is -0.0243. The van der Waals surface area contributed by atoms with E-state index in [4.69, 9.17) is 4.74 Å². The summed E-state index contributed by atoms with van der Waals surface area (Å²) in [6.07, 6.45) is 16.7. The van der Waals surface area contributed by atoms with Gasteiger partial charge in [-0.05, 0) is 25.7 Å². The average Bonchev–Trinajstić information content (AvgIpc) is 3.14. The van der Waals surface area contributed by atoms with Crippen molar-refractivity contribution in [3.05, 3.63) is 0 Å². The molecule has 0 unspecified atom stereocenters. The van der Waals surface area contributed by atoms with Gasteiger partial charge in [-0.1, -0.05) is 57.8 Å². The maximum atomic E-state index is 12.2. The third-order valence-electron chi connectivity index (χ3n) is 5.60. The van der Waals surface area contributed by atoms with Crippen molar-refractivity contribution in [3.8, 4) is 0 Å². The minimum atomic E-state index is -0.0469. The number of hydrogen-bond donors (Lipinski definition) is 2. The molecule has 1 heterocycles. The Balaban J connectivity index is 1.60. The number of amides is 2. The van der Waals surface area contributed by atoms with Crippen LogP contribution in [0, 0.1) is 0 Å². The number of nitrogens with one attached hydrogen (secondary N) is 2. The summed E-state index contributed by atoms with van der Waals surface area (Å²) in [6.45, 7) is 1.37. The highest BCUT2D eigenvalue weighted by Gasteiger charge is 2.17. The smallest absolute Gasteiger partial charge is 0.220 e. The first kappa shape index (κ1) is 21.2. The van der Waals surface area contributed by atoms with Crippen LogP contribution in [0.3, 0.4) is 0 Å². The number of hydrogen-bond acceptors (Lipinski definition) is 3. The maximum Gasteiger partial charge on any atom is 0.220 e. The molecule has 5 heteroatoms. The summed E-state index contributed by atoms with van der Waals surface area (Å²) in [5.41, 5.74) is 0. The molecule has 2 amide bonds. The second-order valence-electron chi connectivity index (χ2n) is 7.96. The van der Waals surface area contributed by atoms with Crippen molar-refractivity contribution in [1.29, 1.82) is 0 Å². The first-order valence-corrected chi connectivity index (χ1v) is 10.9. The fourth-order valence-electron chi connectivity index (χ4n) is 3.96. The third-order valence-corrected chi connectivity index (χ3v) is 5.60. The molecule has 150 valence electrons. The van der Waals surface area contributed by atoms with Gasteiger partial charge in [-0.25, -0.2) is 0 Å². The van der Waals surface area contributed by atoms with Crippen molar-refractivity contribution >= 4 is 11.8 Å². The summed E-state index contributed by atoms with van der Waals surface area (Å²) in [5, 5.41) is 6.07. The van der Waals surface area contributed by atoms with Gasteiger partial charge in [0.05, 0.1) is 6.10 Å². The minimum absolute atomic E-state index is 0.0226. The lowest BCUT2D eigenvalue weighted by molar-refractivity contribution is -0.127. The first-order chi connectivity index (χ1) is 12.7. The molecule has 2 aliphatic rings. The zero-order chi connectivity index (χ0) is 18.5. The lowest BCUT2D eigenvalue weighted by atomic mass is 9.98. The van der Waals surface area contributed by atoms with Crippen molar-refractivity contribution in [3.63, 3.8) is 0 Å². The lowest BCUT2D eigenvalue weighted by Gasteiger charge is -2.19. The van der Waals surface area contributed by atoms with E-state index in [-0.39, 0.29) is 36.8 Å². The van der Waals surface area contributed by atoms with E-state index in [0.29, 0.717) is 6.54 Å². The van der Waals surface area contributed by atoms with Crippen LogP contribution in [-0.4, -0.2) is 37.1 Å². The molecule has 1 aliphatic carbocycles. The maximum absolute atomic E-state index is 12.2. The Morgan fingerprint density at radius 3 is 1.88 bits per heavy atom. The molecule has 2 N–H and O–H groups in total. The standard InChI is InChI=1S/C21H38N2O3/c24-20(22-17-19-13-10-16-26-19)14-15-21(25)23-18-11-8-6-4-2-1-3-5-7-9-12-18/h18-19H,1-17H2,(H,22,24)(H,23,25)/t19-/m1/s1. The topological polar surface area (TPSA) is 67.4 Å².